The summed E-state index contributed by atoms with van der Waals surface area (Å²) >= 11 is 0. The summed E-state index contributed by atoms with van der Waals surface area (Å²) in [6, 6.07) is 16.1. The summed E-state index contributed by atoms with van der Waals surface area (Å²) in [5.74, 6) is -0.227. The molecule has 156 valence electrons. The summed E-state index contributed by atoms with van der Waals surface area (Å²) in [5, 5.41) is 7.09. The van der Waals surface area contributed by atoms with Gasteiger partial charge in [0.05, 0.1) is 23.2 Å². The number of piperidine rings is 1. The minimum atomic E-state index is -3.54. The first kappa shape index (κ1) is 20.3. The Morgan fingerprint density at radius 2 is 1.77 bits per heavy atom. The van der Waals surface area contributed by atoms with E-state index in [2.05, 4.69) is 10.4 Å². The van der Waals surface area contributed by atoms with Gasteiger partial charge in [-0.15, -0.1) is 0 Å². The highest BCUT2D eigenvalue weighted by Crippen LogP contribution is 2.23. The number of carbonyl (C=O) groups is 1. The van der Waals surface area contributed by atoms with Crippen LogP contribution in [0.3, 0.4) is 0 Å². The minimum Gasteiger partial charge on any atom is -0.326 e. The molecule has 8 heteroatoms. The third-order valence-electron chi connectivity index (χ3n) is 5.09. The lowest BCUT2D eigenvalue weighted by Crippen LogP contribution is -2.35. The predicted molar refractivity (Wildman–Crippen MR) is 115 cm³/mol. The van der Waals surface area contributed by atoms with Crippen LogP contribution in [-0.4, -0.2) is 41.5 Å². The van der Waals surface area contributed by atoms with Crippen molar-refractivity contribution in [1.82, 2.24) is 14.1 Å². The average molecular weight is 425 g/mol. The van der Waals surface area contributed by atoms with Gasteiger partial charge < -0.3 is 5.32 Å². The molecule has 0 unspecified atom stereocenters. The largest absolute Gasteiger partial charge is 0.326 e. The SMILES string of the molecule is O=C(Cc1cnn(-c2ccccc2)c1)Nc1cccc(S(=O)(=O)N2CCCCC2)c1. The van der Waals surface area contributed by atoms with Crippen LogP contribution in [0.25, 0.3) is 5.69 Å². The smallest absolute Gasteiger partial charge is 0.243 e. The van der Waals surface area contributed by atoms with Crippen LogP contribution >= 0.6 is 0 Å². The third kappa shape index (κ3) is 4.60. The van der Waals surface area contributed by atoms with Crippen molar-refractivity contribution < 1.29 is 13.2 Å². The van der Waals surface area contributed by atoms with E-state index < -0.39 is 10.0 Å². The van der Waals surface area contributed by atoms with Gasteiger partial charge in [0.25, 0.3) is 0 Å². The van der Waals surface area contributed by atoms with Crippen LogP contribution in [0, 0.1) is 0 Å². The zero-order valence-corrected chi connectivity index (χ0v) is 17.4. The molecule has 1 aromatic heterocycles. The molecule has 0 atom stereocenters. The number of carbonyl (C=O) groups excluding carboxylic acids is 1. The van der Waals surface area contributed by atoms with E-state index in [0.29, 0.717) is 18.8 Å². The topological polar surface area (TPSA) is 84.3 Å². The number of anilines is 1. The van der Waals surface area contributed by atoms with Gasteiger partial charge in [0.1, 0.15) is 0 Å². The highest BCUT2D eigenvalue weighted by Gasteiger charge is 2.26. The summed E-state index contributed by atoms with van der Waals surface area (Å²) < 4.78 is 29.0. The number of para-hydroxylation sites is 1. The lowest BCUT2D eigenvalue weighted by molar-refractivity contribution is -0.115. The first-order valence-corrected chi connectivity index (χ1v) is 11.5. The normalized spacial score (nSPS) is 15.1. The summed E-state index contributed by atoms with van der Waals surface area (Å²) in [6.07, 6.45) is 6.44. The number of nitrogens with one attached hydrogen (secondary N) is 1. The number of benzene rings is 2. The molecule has 0 aliphatic carbocycles. The molecule has 30 heavy (non-hydrogen) atoms. The van der Waals surface area contributed by atoms with Gasteiger partial charge in [0.2, 0.25) is 15.9 Å². The van der Waals surface area contributed by atoms with Crippen LogP contribution in [-0.2, 0) is 21.2 Å². The van der Waals surface area contributed by atoms with Gasteiger partial charge >= 0.3 is 0 Å². The summed E-state index contributed by atoms with van der Waals surface area (Å²) in [7, 11) is -3.54. The summed E-state index contributed by atoms with van der Waals surface area (Å²) in [6.45, 7) is 1.09. The van der Waals surface area contributed by atoms with Crippen molar-refractivity contribution in [2.75, 3.05) is 18.4 Å². The summed E-state index contributed by atoms with van der Waals surface area (Å²) in [5.41, 5.74) is 2.15. The highest BCUT2D eigenvalue weighted by atomic mass is 32.2. The Kier molecular flexibility index (Phi) is 5.96. The molecular formula is C22H24N4O3S. The molecule has 0 radical (unpaired) electrons. The van der Waals surface area contributed by atoms with Gasteiger partial charge in [-0.1, -0.05) is 30.7 Å². The standard InChI is InChI=1S/C22H24N4O3S/c27-22(14-18-16-23-26(17-18)20-9-3-1-4-10-20)24-19-8-7-11-21(15-19)30(28,29)25-12-5-2-6-13-25/h1,3-4,7-11,15-17H,2,5-6,12-14H2,(H,24,27). The molecule has 0 saturated carbocycles. The average Bonchev–Trinajstić information content (AvgIpc) is 3.23. The third-order valence-corrected chi connectivity index (χ3v) is 6.99. The molecule has 3 aromatic rings. The number of hydrogen-bond acceptors (Lipinski definition) is 4. The molecule has 1 fully saturated rings. The van der Waals surface area contributed by atoms with Crippen molar-refractivity contribution in [2.45, 2.75) is 30.6 Å². The van der Waals surface area contributed by atoms with Crippen molar-refractivity contribution in [3.63, 3.8) is 0 Å². The molecule has 1 amide bonds. The van der Waals surface area contributed by atoms with E-state index in [4.69, 9.17) is 0 Å². The Balaban J connectivity index is 1.43. The van der Waals surface area contributed by atoms with E-state index >= 15 is 0 Å². The predicted octanol–water partition coefficient (Wildman–Crippen LogP) is 3.23. The number of amides is 1. The van der Waals surface area contributed by atoms with Crippen molar-refractivity contribution in [3.05, 3.63) is 72.6 Å². The van der Waals surface area contributed by atoms with E-state index in [1.807, 2.05) is 36.5 Å². The van der Waals surface area contributed by atoms with Gasteiger partial charge in [0.15, 0.2) is 0 Å². The molecule has 7 nitrogen and oxygen atoms in total. The first-order valence-electron chi connectivity index (χ1n) is 10.0. The second kappa shape index (κ2) is 8.81. The van der Waals surface area contributed by atoms with Crippen LogP contribution in [0.2, 0.25) is 0 Å². The Bertz CT molecular complexity index is 1120. The maximum absolute atomic E-state index is 12.9. The van der Waals surface area contributed by atoms with Crippen LogP contribution in [0.15, 0.2) is 71.9 Å². The number of nitrogens with zero attached hydrogens (tertiary/aromatic N) is 3. The van der Waals surface area contributed by atoms with Crippen molar-refractivity contribution >= 4 is 21.6 Å². The van der Waals surface area contributed by atoms with E-state index in [1.54, 1.807) is 29.1 Å². The van der Waals surface area contributed by atoms with Gasteiger partial charge in [-0.25, -0.2) is 13.1 Å². The summed E-state index contributed by atoms with van der Waals surface area (Å²) in [4.78, 5) is 12.7. The van der Waals surface area contributed by atoms with Gasteiger partial charge in [-0.2, -0.15) is 9.40 Å². The molecule has 2 heterocycles. The Hall–Kier alpha value is -2.97. The molecular weight excluding hydrogens is 400 g/mol. The fraction of sp³-hybridized carbons (Fsp3) is 0.273. The first-order chi connectivity index (χ1) is 14.5. The molecule has 1 aliphatic heterocycles. The minimum absolute atomic E-state index is 0.149. The fourth-order valence-electron chi connectivity index (χ4n) is 3.55. The fourth-order valence-corrected chi connectivity index (χ4v) is 5.12. The molecule has 1 N–H and O–H groups in total. The van der Waals surface area contributed by atoms with E-state index in [-0.39, 0.29) is 17.2 Å². The monoisotopic (exact) mass is 424 g/mol. The van der Waals surface area contributed by atoms with Gasteiger partial charge in [-0.3, -0.25) is 4.79 Å². The van der Waals surface area contributed by atoms with Gasteiger partial charge in [0, 0.05) is 25.0 Å². The van der Waals surface area contributed by atoms with Crippen molar-refractivity contribution in [2.24, 2.45) is 0 Å². The zero-order valence-electron chi connectivity index (χ0n) is 16.6. The second-order valence-electron chi connectivity index (χ2n) is 7.35. The Labute approximate surface area is 176 Å². The lowest BCUT2D eigenvalue weighted by atomic mass is 10.2. The van der Waals surface area contributed by atoms with Gasteiger partial charge in [-0.05, 0) is 48.7 Å². The Morgan fingerprint density at radius 1 is 1.00 bits per heavy atom. The zero-order chi connectivity index (χ0) is 21.0. The maximum atomic E-state index is 12.9. The molecule has 1 aliphatic rings. The van der Waals surface area contributed by atoms with Crippen molar-refractivity contribution in [1.29, 1.82) is 0 Å². The number of aromatic nitrogens is 2. The van der Waals surface area contributed by atoms with E-state index in [9.17, 15) is 13.2 Å². The van der Waals surface area contributed by atoms with Crippen LogP contribution < -0.4 is 5.32 Å². The molecule has 1 saturated heterocycles. The van der Waals surface area contributed by atoms with Crippen LogP contribution in [0.5, 0.6) is 0 Å². The molecule has 2 aromatic carbocycles. The number of hydrogen-bond donors (Lipinski definition) is 1. The van der Waals surface area contributed by atoms with E-state index in [1.165, 1.54) is 10.4 Å². The molecule has 4 rings (SSSR count). The number of rotatable bonds is 6. The quantitative estimate of drug-likeness (QED) is 0.658. The highest BCUT2D eigenvalue weighted by molar-refractivity contribution is 7.89. The van der Waals surface area contributed by atoms with Crippen LogP contribution in [0.1, 0.15) is 24.8 Å². The molecule has 0 bridgehead atoms. The van der Waals surface area contributed by atoms with E-state index in [0.717, 1.165) is 30.5 Å². The second-order valence-corrected chi connectivity index (χ2v) is 9.28. The van der Waals surface area contributed by atoms with Crippen LogP contribution in [0.4, 0.5) is 5.69 Å². The van der Waals surface area contributed by atoms with Crippen molar-refractivity contribution in [3.8, 4) is 5.69 Å². The lowest BCUT2D eigenvalue weighted by Gasteiger charge is -2.26. The Morgan fingerprint density at radius 3 is 2.53 bits per heavy atom. The number of sulfonamides is 1. The molecule has 0 spiro atoms. The maximum Gasteiger partial charge on any atom is 0.243 e.